The van der Waals surface area contributed by atoms with Gasteiger partial charge in [-0.1, -0.05) is 6.07 Å². The molecule has 1 aliphatic carbocycles. The fraction of sp³-hybridized carbons (Fsp3) is 0.500. The second-order valence-corrected chi connectivity index (χ2v) is 9.45. The van der Waals surface area contributed by atoms with Crippen molar-refractivity contribution in [1.82, 2.24) is 14.9 Å². The predicted octanol–water partition coefficient (Wildman–Crippen LogP) is 3.80. The van der Waals surface area contributed by atoms with E-state index in [2.05, 4.69) is 31.2 Å². The lowest BCUT2D eigenvalue weighted by Gasteiger charge is -2.29. The number of piperidine rings is 1. The first kappa shape index (κ1) is 19.9. The summed E-state index contributed by atoms with van der Waals surface area (Å²) >= 11 is 3.32. The van der Waals surface area contributed by atoms with Crippen molar-refractivity contribution in [2.45, 2.75) is 63.6 Å². The van der Waals surface area contributed by atoms with Gasteiger partial charge in [0.05, 0.1) is 11.6 Å². The molecule has 3 heterocycles. The zero-order valence-electron chi connectivity index (χ0n) is 16.7. The minimum Gasteiger partial charge on any atom is -0.448 e. The first-order valence-electron chi connectivity index (χ1n) is 9.45. The minimum atomic E-state index is -0.686. The molecule has 0 radical (unpaired) electrons. The number of nitrogens with one attached hydrogen (secondary N) is 1. The quantitative estimate of drug-likeness (QED) is 0.696. The number of amides is 2. The van der Waals surface area contributed by atoms with Crippen LogP contribution in [0, 0.1) is 6.92 Å². The maximum Gasteiger partial charge on any atom is 0.411 e. The molecular formula is C20H23BrN4O4. The van der Waals surface area contributed by atoms with Crippen molar-refractivity contribution < 1.29 is 18.7 Å². The highest BCUT2D eigenvalue weighted by molar-refractivity contribution is 9.10. The third kappa shape index (κ3) is 3.63. The summed E-state index contributed by atoms with van der Waals surface area (Å²) in [6.07, 6.45) is 3.71. The zero-order chi connectivity index (χ0) is 21.0. The molecule has 8 nitrogen and oxygen atoms in total. The molecule has 2 aromatic heterocycles. The van der Waals surface area contributed by atoms with Crippen LogP contribution in [0.5, 0.6) is 0 Å². The number of nitrogens with zero attached hydrogens (tertiary/aromatic N) is 3. The first-order chi connectivity index (χ1) is 13.6. The lowest BCUT2D eigenvalue weighted by Crippen LogP contribution is -2.47. The van der Waals surface area contributed by atoms with Crippen LogP contribution < -0.4 is 5.32 Å². The summed E-state index contributed by atoms with van der Waals surface area (Å²) in [5, 5.41) is 2.87. The number of carbonyl (C=O) groups excluding carboxylic acids is 2. The summed E-state index contributed by atoms with van der Waals surface area (Å²) in [4.78, 5) is 36.0. The molecular weight excluding hydrogens is 440 g/mol. The summed E-state index contributed by atoms with van der Waals surface area (Å²) in [5.41, 5.74) is -0.222. The fourth-order valence-corrected chi connectivity index (χ4v) is 4.29. The van der Waals surface area contributed by atoms with E-state index in [-0.39, 0.29) is 11.9 Å². The highest BCUT2D eigenvalue weighted by Crippen LogP contribution is 2.61. The minimum absolute atomic E-state index is 0.155. The molecule has 0 bridgehead atoms. The highest BCUT2D eigenvalue weighted by atomic mass is 79.9. The maximum atomic E-state index is 13.2. The number of oxazole rings is 1. The Bertz CT molecular complexity index is 956. The highest BCUT2D eigenvalue weighted by Gasteiger charge is 2.70. The van der Waals surface area contributed by atoms with E-state index in [9.17, 15) is 9.59 Å². The van der Waals surface area contributed by atoms with Crippen LogP contribution in [0.1, 0.15) is 44.9 Å². The number of halogens is 1. The van der Waals surface area contributed by atoms with Gasteiger partial charge in [0, 0.05) is 6.04 Å². The molecule has 0 spiro atoms. The molecule has 1 N–H and O–H groups in total. The normalized spacial score (nSPS) is 25.5. The molecule has 1 saturated carbocycles. The van der Waals surface area contributed by atoms with Crippen LogP contribution >= 0.6 is 15.9 Å². The third-order valence-electron chi connectivity index (χ3n) is 5.40. The van der Waals surface area contributed by atoms with E-state index in [1.54, 1.807) is 31.9 Å². The number of anilines is 1. The molecule has 3 atom stereocenters. The standard InChI is InChI=1S/C20H23BrN4O4/c1-11-5-6-15(21)23-16(11)24-17(26)12-7-20(14-9-22-10-28-14)8-13(20)25(12)18(27)29-19(2,3)4/h5-6,9-10,12-13H,7-8H2,1-4H3,(H,23,24,26)/t12-,13+,20+/m0/s1. The van der Waals surface area contributed by atoms with Crippen molar-refractivity contribution in [3.63, 3.8) is 0 Å². The molecule has 4 rings (SSSR count). The monoisotopic (exact) mass is 462 g/mol. The van der Waals surface area contributed by atoms with Gasteiger partial charge in [-0.05, 0) is 68.1 Å². The summed E-state index contributed by atoms with van der Waals surface area (Å²) in [5.74, 6) is 0.863. The SMILES string of the molecule is Cc1ccc(Br)nc1NC(=O)[C@@H]1C[C@@]2(c3cnco3)C[C@H]2N1C(=O)OC(C)(C)C. The van der Waals surface area contributed by atoms with Gasteiger partial charge in [0.15, 0.2) is 6.39 Å². The average Bonchev–Trinajstić information content (AvgIpc) is 3.00. The number of ether oxygens (including phenoxy) is 1. The Morgan fingerprint density at radius 3 is 2.76 bits per heavy atom. The van der Waals surface area contributed by atoms with Crippen LogP contribution in [-0.2, 0) is 14.9 Å². The van der Waals surface area contributed by atoms with E-state index >= 15 is 0 Å². The van der Waals surface area contributed by atoms with Gasteiger partial charge < -0.3 is 14.5 Å². The third-order valence-corrected chi connectivity index (χ3v) is 5.84. The topological polar surface area (TPSA) is 97.6 Å². The van der Waals surface area contributed by atoms with E-state index < -0.39 is 23.2 Å². The first-order valence-corrected chi connectivity index (χ1v) is 10.2. The van der Waals surface area contributed by atoms with Crippen LogP contribution in [-0.4, -0.2) is 44.6 Å². The second kappa shape index (κ2) is 6.83. The van der Waals surface area contributed by atoms with E-state index in [1.165, 1.54) is 6.39 Å². The van der Waals surface area contributed by atoms with Crippen LogP contribution in [0.3, 0.4) is 0 Å². The Hall–Kier alpha value is -2.42. The molecule has 9 heteroatoms. The van der Waals surface area contributed by atoms with Gasteiger partial charge in [-0.15, -0.1) is 0 Å². The van der Waals surface area contributed by atoms with Crippen molar-refractivity contribution in [1.29, 1.82) is 0 Å². The molecule has 1 saturated heterocycles. The second-order valence-electron chi connectivity index (χ2n) is 8.64. The molecule has 2 amide bonds. The van der Waals surface area contributed by atoms with Crippen molar-refractivity contribution in [3.05, 3.63) is 40.7 Å². The van der Waals surface area contributed by atoms with Gasteiger partial charge >= 0.3 is 6.09 Å². The Labute approximate surface area is 177 Å². The van der Waals surface area contributed by atoms with Gasteiger partial charge in [0.25, 0.3) is 0 Å². The average molecular weight is 463 g/mol. The van der Waals surface area contributed by atoms with Crippen molar-refractivity contribution in [2.75, 3.05) is 5.32 Å². The van der Waals surface area contributed by atoms with E-state index in [1.807, 2.05) is 19.1 Å². The molecule has 1 aliphatic heterocycles. The van der Waals surface area contributed by atoms with Gasteiger partial charge in [-0.2, -0.15) is 0 Å². The van der Waals surface area contributed by atoms with Gasteiger partial charge in [-0.3, -0.25) is 9.69 Å². The number of fused-ring (bicyclic) bond motifs is 1. The molecule has 29 heavy (non-hydrogen) atoms. The number of hydrogen-bond donors (Lipinski definition) is 1. The Kier molecular flexibility index (Phi) is 4.68. The fourth-order valence-electron chi connectivity index (χ4n) is 3.98. The zero-order valence-corrected chi connectivity index (χ0v) is 18.3. The van der Waals surface area contributed by atoms with Gasteiger partial charge in [-0.25, -0.2) is 14.8 Å². The number of aryl methyl sites for hydroxylation is 1. The molecule has 0 unspecified atom stereocenters. The van der Waals surface area contributed by atoms with Crippen molar-refractivity contribution in [3.8, 4) is 0 Å². The number of pyridine rings is 1. The van der Waals surface area contributed by atoms with E-state index in [0.29, 0.717) is 22.6 Å². The lowest BCUT2D eigenvalue weighted by molar-refractivity contribution is -0.121. The molecule has 154 valence electrons. The lowest BCUT2D eigenvalue weighted by atomic mass is 9.97. The van der Waals surface area contributed by atoms with Crippen LogP contribution in [0.4, 0.5) is 10.6 Å². The molecule has 2 aliphatic rings. The van der Waals surface area contributed by atoms with Gasteiger partial charge in [0.2, 0.25) is 5.91 Å². The smallest absolute Gasteiger partial charge is 0.411 e. The summed E-state index contributed by atoms with van der Waals surface area (Å²) in [7, 11) is 0. The van der Waals surface area contributed by atoms with E-state index in [4.69, 9.17) is 9.15 Å². The maximum absolute atomic E-state index is 13.2. The van der Waals surface area contributed by atoms with Crippen molar-refractivity contribution in [2.24, 2.45) is 0 Å². The Morgan fingerprint density at radius 2 is 2.10 bits per heavy atom. The number of rotatable bonds is 3. The molecule has 2 aromatic rings. The van der Waals surface area contributed by atoms with Crippen LogP contribution in [0.2, 0.25) is 0 Å². The van der Waals surface area contributed by atoms with Gasteiger partial charge in [0.1, 0.15) is 27.8 Å². The molecule has 0 aromatic carbocycles. The summed E-state index contributed by atoms with van der Waals surface area (Å²) < 4.78 is 11.7. The number of likely N-dealkylation sites (tertiary alicyclic amines) is 1. The largest absolute Gasteiger partial charge is 0.448 e. The van der Waals surface area contributed by atoms with Crippen LogP contribution in [0.25, 0.3) is 0 Å². The van der Waals surface area contributed by atoms with Crippen LogP contribution in [0.15, 0.2) is 33.7 Å². The summed E-state index contributed by atoms with van der Waals surface area (Å²) in [6.45, 7) is 7.28. The number of carbonyl (C=O) groups is 2. The van der Waals surface area contributed by atoms with Crippen molar-refractivity contribution >= 4 is 33.7 Å². The number of hydrogen-bond acceptors (Lipinski definition) is 6. The van der Waals surface area contributed by atoms with E-state index in [0.717, 1.165) is 12.0 Å². The number of aromatic nitrogens is 2. The Morgan fingerprint density at radius 1 is 1.34 bits per heavy atom. The summed E-state index contributed by atoms with van der Waals surface area (Å²) in [6, 6.07) is 2.83. The Balaban J connectivity index is 1.62. The molecule has 2 fully saturated rings. The predicted molar refractivity (Wildman–Crippen MR) is 108 cm³/mol.